The van der Waals surface area contributed by atoms with E-state index < -0.39 is 11.6 Å². The monoisotopic (exact) mass is 208 g/mol. The van der Waals surface area contributed by atoms with Gasteiger partial charge >= 0.3 is 0 Å². The van der Waals surface area contributed by atoms with Gasteiger partial charge < -0.3 is 0 Å². The summed E-state index contributed by atoms with van der Waals surface area (Å²) in [5.74, 6) is -1.95. The Kier molecular flexibility index (Phi) is 2.29. The van der Waals surface area contributed by atoms with Crippen LogP contribution in [0.5, 0.6) is 0 Å². The Morgan fingerprint density at radius 1 is 1.33 bits per heavy atom. The van der Waals surface area contributed by atoms with Crippen molar-refractivity contribution in [3.8, 4) is 11.3 Å². The zero-order valence-electron chi connectivity index (χ0n) is 7.50. The molecule has 1 aromatic heterocycles. The van der Waals surface area contributed by atoms with Gasteiger partial charge in [0.25, 0.3) is 0 Å². The molecule has 76 valence electrons. The number of carbonyl (C=O) groups is 1. The van der Waals surface area contributed by atoms with E-state index in [0.717, 1.165) is 6.07 Å². The van der Waals surface area contributed by atoms with Crippen LogP contribution in [0.2, 0.25) is 0 Å². The van der Waals surface area contributed by atoms with E-state index >= 15 is 0 Å². The first-order valence-electron chi connectivity index (χ1n) is 4.17. The van der Waals surface area contributed by atoms with Gasteiger partial charge in [0.1, 0.15) is 0 Å². The van der Waals surface area contributed by atoms with E-state index in [1.165, 1.54) is 18.3 Å². The predicted molar refractivity (Wildman–Crippen MR) is 49.3 cm³/mol. The van der Waals surface area contributed by atoms with E-state index in [4.69, 9.17) is 0 Å². The van der Waals surface area contributed by atoms with Crippen LogP contribution in [0.25, 0.3) is 11.3 Å². The second-order valence-corrected chi connectivity index (χ2v) is 2.92. The fourth-order valence-electron chi connectivity index (χ4n) is 1.30. The summed E-state index contributed by atoms with van der Waals surface area (Å²) in [5, 5.41) is 6.05. The number of rotatable bonds is 2. The summed E-state index contributed by atoms with van der Waals surface area (Å²) in [6.45, 7) is 0. The van der Waals surface area contributed by atoms with Gasteiger partial charge in [0, 0.05) is 5.56 Å². The number of halogens is 2. The molecule has 1 aromatic carbocycles. The third-order valence-corrected chi connectivity index (χ3v) is 2.02. The van der Waals surface area contributed by atoms with Gasteiger partial charge in [-0.25, -0.2) is 8.78 Å². The van der Waals surface area contributed by atoms with Crippen molar-refractivity contribution in [1.82, 2.24) is 10.2 Å². The number of aromatic amines is 1. The van der Waals surface area contributed by atoms with Crippen LogP contribution in [0.4, 0.5) is 8.78 Å². The highest BCUT2D eigenvalue weighted by atomic mass is 19.2. The van der Waals surface area contributed by atoms with Gasteiger partial charge in [0.2, 0.25) is 0 Å². The van der Waals surface area contributed by atoms with Crippen molar-refractivity contribution in [3.63, 3.8) is 0 Å². The number of aromatic nitrogens is 2. The topological polar surface area (TPSA) is 45.8 Å². The molecule has 3 nitrogen and oxygen atoms in total. The van der Waals surface area contributed by atoms with Crippen LogP contribution in [0.15, 0.2) is 24.4 Å². The Morgan fingerprint density at radius 2 is 2.13 bits per heavy atom. The molecule has 0 radical (unpaired) electrons. The number of nitrogens with zero attached hydrogens (tertiary/aromatic N) is 1. The minimum Gasteiger partial charge on any atom is -0.298 e. The lowest BCUT2D eigenvalue weighted by atomic mass is 10.1. The van der Waals surface area contributed by atoms with Gasteiger partial charge in [-0.05, 0) is 12.1 Å². The van der Waals surface area contributed by atoms with Gasteiger partial charge in [0.15, 0.2) is 17.9 Å². The molecular weight excluding hydrogens is 202 g/mol. The molecule has 0 amide bonds. The standard InChI is InChI=1S/C10H6F2N2O/c11-8-3-1-2-7(9(8)12)10-6(5-15)4-13-14-10/h1-5H,(H,13,14). The van der Waals surface area contributed by atoms with Gasteiger partial charge in [-0.2, -0.15) is 5.10 Å². The molecule has 0 spiro atoms. The van der Waals surface area contributed by atoms with Crippen molar-refractivity contribution in [3.05, 3.63) is 41.6 Å². The molecule has 0 bridgehead atoms. The van der Waals surface area contributed by atoms with E-state index in [9.17, 15) is 13.6 Å². The van der Waals surface area contributed by atoms with E-state index in [-0.39, 0.29) is 16.8 Å². The Morgan fingerprint density at radius 3 is 2.87 bits per heavy atom. The fraction of sp³-hybridized carbons (Fsp3) is 0. The van der Waals surface area contributed by atoms with Gasteiger partial charge in [0.05, 0.1) is 17.5 Å². The van der Waals surface area contributed by atoms with E-state index in [0.29, 0.717) is 6.29 Å². The summed E-state index contributed by atoms with van der Waals surface area (Å²) in [7, 11) is 0. The normalized spacial score (nSPS) is 10.3. The van der Waals surface area contributed by atoms with Gasteiger partial charge in [-0.15, -0.1) is 0 Å². The molecule has 0 saturated heterocycles. The Hall–Kier alpha value is -2.04. The van der Waals surface area contributed by atoms with Crippen molar-refractivity contribution in [1.29, 1.82) is 0 Å². The SMILES string of the molecule is O=Cc1cn[nH]c1-c1cccc(F)c1F. The second-order valence-electron chi connectivity index (χ2n) is 2.92. The molecule has 0 aliphatic carbocycles. The maximum atomic E-state index is 13.3. The predicted octanol–water partition coefficient (Wildman–Crippen LogP) is 2.17. The molecule has 2 aromatic rings. The van der Waals surface area contributed by atoms with E-state index in [1.54, 1.807) is 0 Å². The average Bonchev–Trinajstić information content (AvgIpc) is 2.70. The first-order chi connectivity index (χ1) is 7.24. The van der Waals surface area contributed by atoms with Crippen molar-refractivity contribution >= 4 is 6.29 Å². The lowest BCUT2D eigenvalue weighted by molar-refractivity contribution is 0.112. The molecule has 0 fully saturated rings. The molecule has 0 atom stereocenters. The number of aldehydes is 1. The number of hydrogen-bond donors (Lipinski definition) is 1. The number of benzene rings is 1. The van der Waals surface area contributed by atoms with Crippen LogP contribution in [-0.2, 0) is 0 Å². The molecule has 5 heteroatoms. The minimum absolute atomic E-state index is 0.00500. The van der Waals surface area contributed by atoms with Crippen LogP contribution in [0, 0.1) is 11.6 Å². The first-order valence-corrected chi connectivity index (χ1v) is 4.17. The maximum absolute atomic E-state index is 13.3. The Balaban J connectivity index is 2.64. The molecule has 0 aliphatic rings. The third-order valence-electron chi connectivity index (χ3n) is 2.02. The smallest absolute Gasteiger partial charge is 0.168 e. The number of hydrogen-bond acceptors (Lipinski definition) is 2. The van der Waals surface area contributed by atoms with E-state index in [1.807, 2.05) is 0 Å². The van der Waals surface area contributed by atoms with Crippen LogP contribution in [0.3, 0.4) is 0 Å². The highest BCUT2D eigenvalue weighted by molar-refractivity contribution is 5.85. The molecule has 0 unspecified atom stereocenters. The average molecular weight is 208 g/mol. The number of nitrogens with one attached hydrogen (secondary N) is 1. The third kappa shape index (κ3) is 1.52. The number of H-pyrrole nitrogens is 1. The van der Waals surface area contributed by atoms with Crippen LogP contribution < -0.4 is 0 Å². The highest BCUT2D eigenvalue weighted by Crippen LogP contribution is 2.24. The maximum Gasteiger partial charge on any atom is 0.168 e. The van der Waals surface area contributed by atoms with Gasteiger partial charge in [-0.1, -0.05) is 6.07 Å². The zero-order chi connectivity index (χ0) is 10.8. The molecule has 0 aliphatic heterocycles. The second kappa shape index (κ2) is 3.61. The molecule has 1 heterocycles. The summed E-state index contributed by atoms with van der Waals surface area (Å²) in [5.41, 5.74) is 0.371. The lowest BCUT2D eigenvalue weighted by Crippen LogP contribution is -1.92. The van der Waals surface area contributed by atoms with Crippen molar-refractivity contribution in [2.75, 3.05) is 0 Å². The summed E-state index contributed by atoms with van der Waals surface area (Å²) in [6, 6.07) is 3.75. The fourth-order valence-corrected chi connectivity index (χ4v) is 1.30. The van der Waals surface area contributed by atoms with Crippen LogP contribution >= 0.6 is 0 Å². The van der Waals surface area contributed by atoms with E-state index in [2.05, 4.69) is 10.2 Å². The highest BCUT2D eigenvalue weighted by Gasteiger charge is 2.14. The quantitative estimate of drug-likeness (QED) is 0.768. The Bertz CT molecular complexity index is 508. The van der Waals surface area contributed by atoms with Crippen LogP contribution in [0.1, 0.15) is 10.4 Å². The molecular formula is C10H6F2N2O. The van der Waals surface area contributed by atoms with Gasteiger partial charge in [-0.3, -0.25) is 9.89 Å². The van der Waals surface area contributed by atoms with Crippen molar-refractivity contribution in [2.24, 2.45) is 0 Å². The summed E-state index contributed by atoms with van der Waals surface area (Å²) in [4.78, 5) is 10.6. The molecule has 0 saturated carbocycles. The van der Waals surface area contributed by atoms with Crippen molar-refractivity contribution < 1.29 is 13.6 Å². The Labute approximate surface area is 83.7 Å². The molecule has 15 heavy (non-hydrogen) atoms. The first kappa shape index (κ1) is 9.51. The number of carbonyl (C=O) groups excluding carboxylic acids is 1. The zero-order valence-corrected chi connectivity index (χ0v) is 7.50. The molecule has 1 N–H and O–H groups in total. The summed E-state index contributed by atoms with van der Waals surface area (Å²) in [6.07, 6.45) is 1.79. The summed E-state index contributed by atoms with van der Waals surface area (Å²) < 4.78 is 26.3. The largest absolute Gasteiger partial charge is 0.298 e. The minimum atomic E-state index is -0.996. The van der Waals surface area contributed by atoms with Crippen molar-refractivity contribution in [2.45, 2.75) is 0 Å². The molecule has 2 rings (SSSR count). The lowest BCUT2D eigenvalue weighted by Gasteiger charge is -2.01. The summed E-state index contributed by atoms with van der Waals surface area (Å²) >= 11 is 0. The van der Waals surface area contributed by atoms with Crippen LogP contribution in [-0.4, -0.2) is 16.5 Å².